The normalized spacial score (nSPS) is 18.6. The number of hydrogen-bond donors (Lipinski definition) is 1. The van der Waals surface area contributed by atoms with Crippen molar-refractivity contribution in [2.45, 2.75) is 19.0 Å². The highest BCUT2D eigenvalue weighted by Gasteiger charge is 2.30. The van der Waals surface area contributed by atoms with Crippen molar-refractivity contribution in [1.82, 2.24) is 9.88 Å². The van der Waals surface area contributed by atoms with E-state index in [1.54, 1.807) is 0 Å². The molecule has 1 fully saturated rings. The molecule has 1 amide bonds. The minimum atomic E-state index is -4.50. The van der Waals surface area contributed by atoms with Crippen molar-refractivity contribution in [2.24, 2.45) is 5.92 Å². The molecule has 1 aliphatic rings. The van der Waals surface area contributed by atoms with Crippen LogP contribution in [0.3, 0.4) is 0 Å². The summed E-state index contributed by atoms with van der Waals surface area (Å²) in [6, 6.07) is 2.48. The van der Waals surface area contributed by atoms with Crippen molar-refractivity contribution in [2.75, 3.05) is 19.7 Å². The van der Waals surface area contributed by atoms with E-state index in [9.17, 15) is 22.8 Å². The van der Waals surface area contributed by atoms with Gasteiger partial charge in [-0.2, -0.15) is 13.2 Å². The van der Waals surface area contributed by atoms with Crippen LogP contribution in [-0.4, -0.2) is 52.7 Å². The monoisotopic (exact) mass is 332 g/mol. The topological polar surface area (TPSA) is 79.7 Å². The van der Waals surface area contributed by atoms with Gasteiger partial charge in [0.1, 0.15) is 0 Å². The van der Waals surface area contributed by atoms with Gasteiger partial charge in [-0.15, -0.1) is 0 Å². The first-order chi connectivity index (χ1) is 10.8. The Morgan fingerprint density at radius 2 is 2.17 bits per heavy atom. The van der Waals surface area contributed by atoms with E-state index in [1.807, 2.05) is 0 Å². The number of aromatic nitrogens is 1. The Morgan fingerprint density at radius 3 is 2.83 bits per heavy atom. The third kappa shape index (κ3) is 4.83. The van der Waals surface area contributed by atoms with Crippen LogP contribution in [0.2, 0.25) is 0 Å². The van der Waals surface area contributed by atoms with E-state index >= 15 is 0 Å². The van der Waals surface area contributed by atoms with Crippen molar-refractivity contribution in [3.63, 3.8) is 0 Å². The number of ether oxygens (including phenoxy) is 1. The van der Waals surface area contributed by atoms with Gasteiger partial charge in [0.15, 0.2) is 6.61 Å². The number of aliphatic carboxylic acids is 1. The van der Waals surface area contributed by atoms with Crippen LogP contribution in [0, 0.1) is 5.92 Å². The quantitative estimate of drug-likeness (QED) is 0.912. The maximum Gasteiger partial charge on any atom is 0.422 e. The summed E-state index contributed by atoms with van der Waals surface area (Å²) in [7, 11) is 0. The first-order valence-corrected chi connectivity index (χ1v) is 6.94. The van der Waals surface area contributed by atoms with Gasteiger partial charge in [0.05, 0.1) is 5.92 Å². The Labute approximate surface area is 129 Å². The number of nitrogens with zero attached hydrogens (tertiary/aromatic N) is 2. The summed E-state index contributed by atoms with van der Waals surface area (Å²) in [5.41, 5.74) is 0.114. The molecule has 1 aliphatic heterocycles. The third-order valence-electron chi connectivity index (χ3n) is 3.42. The van der Waals surface area contributed by atoms with Gasteiger partial charge in [-0.05, 0) is 18.9 Å². The summed E-state index contributed by atoms with van der Waals surface area (Å²) in [6.07, 6.45) is -2.26. The second kappa shape index (κ2) is 6.84. The fourth-order valence-electron chi connectivity index (χ4n) is 2.32. The molecule has 0 spiro atoms. The van der Waals surface area contributed by atoms with Crippen molar-refractivity contribution >= 4 is 11.9 Å². The van der Waals surface area contributed by atoms with Crippen LogP contribution in [0.5, 0.6) is 5.88 Å². The van der Waals surface area contributed by atoms with Crippen LogP contribution in [0.15, 0.2) is 18.3 Å². The second-order valence-corrected chi connectivity index (χ2v) is 5.22. The molecule has 0 aliphatic carbocycles. The largest absolute Gasteiger partial charge is 0.481 e. The molecule has 1 saturated heterocycles. The van der Waals surface area contributed by atoms with E-state index in [-0.39, 0.29) is 18.0 Å². The molecule has 0 unspecified atom stereocenters. The van der Waals surface area contributed by atoms with Crippen LogP contribution < -0.4 is 4.74 Å². The molecule has 23 heavy (non-hydrogen) atoms. The number of carboxylic acid groups (broad SMARTS) is 1. The van der Waals surface area contributed by atoms with Crippen LogP contribution in [0.1, 0.15) is 23.2 Å². The van der Waals surface area contributed by atoms with Crippen molar-refractivity contribution in [3.8, 4) is 5.88 Å². The highest BCUT2D eigenvalue weighted by atomic mass is 19.4. The first kappa shape index (κ1) is 17.0. The zero-order valence-corrected chi connectivity index (χ0v) is 12.0. The average molecular weight is 332 g/mol. The van der Waals surface area contributed by atoms with E-state index in [0.717, 1.165) is 6.07 Å². The third-order valence-corrected chi connectivity index (χ3v) is 3.42. The fraction of sp³-hybridized carbons (Fsp3) is 0.500. The zero-order chi connectivity index (χ0) is 17.0. The number of alkyl halides is 3. The lowest BCUT2D eigenvalue weighted by Crippen LogP contribution is -2.42. The predicted molar refractivity (Wildman–Crippen MR) is 72.1 cm³/mol. The maximum atomic E-state index is 12.3. The Hall–Kier alpha value is -2.32. The molecule has 2 heterocycles. The summed E-state index contributed by atoms with van der Waals surface area (Å²) < 4.78 is 40.9. The van der Waals surface area contributed by atoms with E-state index in [4.69, 9.17) is 5.11 Å². The number of rotatable bonds is 4. The molecule has 0 saturated carbocycles. The van der Waals surface area contributed by atoms with Gasteiger partial charge in [0, 0.05) is 30.9 Å². The van der Waals surface area contributed by atoms with Gasteiger partial charge in [0.2, 0.25) is 5.88 Å². The minimum absolute atomic E-state index is 0.0786. The molecule has 0 bridgehead atoms. The number of carbonyl (C=O) groups excluding carboxylic acids is 1. The molecule has 0 aromatic carbocycles. The molecule has 0 radical (unpaired) electrons. The molecule has 6 nitrogen and oxygen atoms in total. The van der Waals surface area contributed by atoms with Gasteiger partial charge in [0.25, 0.3) is 5.91 Å². The molecule has 1 aromatic heterocycles. The van der Waals surface area contributed by atoms with Crippen LogP contribution >= 0.6 is 0 Å². The van der Waals surface area contributed by atoms with Crippen LogP contribution in [0.25, 0.3) is 0 Å². The van der Waals surface area contributed by atoms with Gasteiger partial charge in [-0.3, -0.25) is 9.59 Å². The van der Waals surface area contributed by atoms with E-state index in [0.29, 0.717) is 19.4 Å². The SMILES string of the molecule is O=C(O)[C@H]1CCCN(C(=O)c2ccnc(OCC(F)(F)F)c2)C1. The van der Waals surface area contributed by atoms with Gasteiger partial charge >= 0.3 is 12.1 Å². The highest BCUT2D eigenvalue weighted by molar-refractivity contribution is 5.94. The lowest BCUT2D eigenvalue weighted by molar-refractivity contribution is -0.154. The molecule has 1 N–H and O–H groups in total. The number of pyridine rings is 1. The molecular weight excluding hydrogens is 317 g/mol. The van der Waals surface area contributed by atoms with E-state index in [1.165, 1.54) is 17.2 Å². The van der Waals surface area contributed by atoms with Crippen molar-refractivity contribution in [1.29, 1.82) is 0 Å². The molecule has 1 atom stereocenters. The highest BCUT2D eigenvalue weighted by Crippen LogP contribution is 2.21. The van der Waals surface area contributed by atoms with Crippen LogP contribution in [0.4, 0.5) is 13.2 Å². The van der Waals surface area contributed by atoms with E-state index in [2.05, 4.69) is 9.72 Å². The number of halogens is 3. The Morgan fingerprint density at radius 1 is 1.43 bits per heavy atom. The fourth-order valence-corrected chi connectivity index (χ4v) is 2.32. The molecule has 2 rings (SSSR count). The Balaban J connectivity index is 2.06. The summed E-state index contributed by atoms with van der Waals surface area (Å²) in [5.74, 6) is -2.35. The summed E-state index contributed by atoms with van der Waals surface area (Å²) in [5, 5.41) is 9.02. The lowest BCUT2D eigenvalue weighted by atomic mass is 9.98. The van der Waals surface area contributed by atoms with Crippen LogP contribution in [-0.2, 0) is 4.79 Å². The Kier molecular flexibility index (Phi) is 5.07. The predicted octanol–water partition coefficient (Wildman–Crippen LogP) is 1.96. The average Bonchev–Trinajstić information content (AvgIpc) is 2.52. The lowest BCUT2D eigenvalue weighted by Gasteiger charge is -2.30. The minimum Gasteiger partial charge on any atom is -0.481 e. The van der Waals surface area contributed by atoms with Gasteiger partial charge in [-0.25, -0.2) is 4.98 Å². The van der Waals surface area contributed by atoms with Crippen molar-refractivity contribution in [3.05, 3.63) is 23.9 Å². The Bertz CT molecular complexity index is 592. The summed E-state index contributed by atoms with van der Waals surface area (Å²) >= 11 is 0. The smallest absolute Gasteiger partial charge is 0.422 e. The number of piperidine rings is 1. The van der Waals surface area contributed by atoms with Gasteiger partial charge in [-0.1, -0.05) is 0 Å². The molecule has 9 heteroatoms. The van der Waals surface area contributed by atoms with Crippen molar-refractivity contribution < 1.29 is 32.6 Å². The summed E-state index contributed by atoms with van der Waals surface area (Å²) in [4.78, 5) is 28.4. The summed E-state index contributed by atoms with van der Waals surface area (Å²) in [6.45, 7) is -1.01. The number of likely N-dealkylation sites (tertiary alicyclic amines) is 1. The zero-order valence-electron chi connectivity index (χ0n) is 12.0. The molecular formula is C14H15F3N2O4. The number of amides is 1. The molecule has 1 aromatic rings. The molecule has 126 valence electrons. The second-order valence-electron chi connectivity index (χ2n) is 5.22. The first-order valence-electron chi connectivity index (χ1n) is 6.94. The number of carboxylic acids is 1. The maximum absolute atomic E-state index is 12.3. The number of carbonyl (C=O) groups is 2. The number of hydrogen-bond acceptors (Lipinski definition) is 4. The van der Waals surface area contributed by atoms with Gasteiger partial charge < -0.3 is 14.7 Å². The van der Waals surface area contributed by atoms with E-state index < -0.39 is 30.6 Å². The standard InChI is InChI=1S/C14H15F3N2O4/c15-14(16,17)8-23-11-6-9(3-4-18-11)12(20)19-5-1-2-10(7-19)13(21)22/h3-4,6,10H,1-2,5,7-8H2,(H,21,22)/t10-/m0/s1.